The lowest BCUT2D eigenvalue weighted by Gasteiger charge is -2.31. The fourth-order valence-electron chi connectivity index (χ4n) is 2.21. The molecule has 0 aliphatic carbocycles. The van der Waals surface area contributed by atoms with Gasteiger partial charge in [0.15, 0.2) is 0 Å². The molecule has 2 heterocycles. The maximum absolute atomic E-state index is 12.2. The van der Waals surface area contributed by atoms with E-state index >= 15 is 0 Å². The van der Waals surface area contributed by atoms with Crippen LogP contribution in [0.4, 0.5) is 0 Å². The molecule has 1 atom stereocenters. The summed E-state index contributed by atoms with van der Waals surface area (Å²) in [5, 5.41) is 3.27. The number of hydrogen-bond donors (Lipinski definition) is 1. The zero-order valence-corrected chi connectivity index (χ0v) is 8.75. The molecule has 14 heavy (non-hydrogen) atoms. The fourth-order valence-corrected chi connectivity index (χ4v) is 2.21. The van der Waals surface area contributed by atoms with Crippen LogP contribution in [-0.2, 0) is 4.79 Å². The second kappa shape index (κ2) is 3.73. The molecule has 1 N–H and O–H groups in total. The monoisotopic (exact) mass is 194 g/mol. The highest BCUT2D eigenvalue weighted by Gasteiger charge is 2.38. The molecular weight excluding hydrogens is 176 g/mol. The first-order valence-corrected chi connectivity index (χ1v) is 5.37. The molecule has 0 aromatic carbocycles. The van der Waals surface area contributed by atoms with Gasteiger partial charge in [-0.2, -0.15) is 0 Å². The maximum Gasteiger partial charge on any atom is 0.230 e. The van der Waals surface area contributed by atoms with Crippen molar-refractivity contribution in [3.63, 3.8) is 0 Å². The fraction of sp³-hybridized carbons (Fsp3) is 0.727. The lowest BCUT2D eigenvalue weighted by atomic mass is 9.88. The Hall–Kier alpha value is -0.830. The van der Waals surface area contributed by atoms with Crippen molar-refractivity contribution in [3.8, 4) is 0 Å². The summed E-state index contributed by atoms with van der Waals surface area (Å²) in [6.07, 6.45) is 6.23. The molecule has 2 aliphatic rings. The van der Waals surface area contributed by atoms with Gasteiger partial charge in [0.05, 0.1) is 5.41 Å². The Morgan fingerprint density at radius 2 is 2.36 bits per heavy atom. The molecule has 3 heteroatoms. The van der Waals surface area contributed by atoms with Gasteiger partial charge in [-0.15, -0.1) is 0 Å². The molecule has 2 rings (SSSR count). The number of amides is 1. The Kier molecular flexibility index (Phi) is 2.59. The summed E-state index contributed by atoms with van der Waals surface area (Å²) in [5.41, 5.74) is -0.148. The second-order valence-electron chi connectivity index (χ2n) is 4.50. The van der Waals surface area contributed by atoms with Gasteiger partial charge in [-0.3, -0.25) is 4.79 Å². The minimum Gasteiger partial charge on any atom is -0.338 e. The normalized spacial score (nSPS) is 32.2. The van der Waals surface area contributed by atoms with Crippen molar-refractivity contribution < 1.29 is 4.79 Å². The molecule has 0 aromatic rings. The van der Waals surface area contributed by atoms with Crippen molar-refractivity contribution in [1.82, 2.24) is 10.2 Å². The van der Waals surface area contributed by atoms with E-state index in [1.54, 1.807) is 0 Å². The quantitative estimate of drug-likeness (QED) is 0.625. The second-order valence-corrected chi connectivity index (χ2v) is 4.50. The van der Waals surface area contributed by atoms with E-state index < -0.39 is 0 Å². The number of nitrogens with zero attached hydrogens (tertiary/aromatic N) is 1. The minimum atomic E-state index is -0.148. The predicted molar refractivity (Wildman–Crippen MR) is 55.9 cm³/mol. The lowest BCUT2D eigenvalue weighted by Crippen LogP contribution is -2.44. The van der Waals surface area contributed by atoms with E-state index in [9.17, 15) is 4.79 Å². The summed E-state index contributed by atoms with van der Waals surface area (Å²) in [7, 11) is 0. The lowest BCUT2D eigenvalue weighted by molar-refractivity contribution is -0.139. The molecule has 3 nitrogen and oxygen atoms in total. The molecule has 0 bridgehead atoms. The summed E-state index contributed by atoms with van der Waals surface area (Å²) >= 11 is 0. The number of carbonyl (C=O) groups excluding carboxylic acids is 1. The smallest absolute Gasteiger partial charge is 0.230 e. The predicted octanol–water partition coefficient (Wildman–Crippen LogP) is 0.774. The van der Waals surface area contributed by atoms with Crippen LogP contribution in [0, 0.1) is 5.41 Å². The first-order chi connectivity index (χ1) is 6.72. The molecule has 0 spiro atoms. The number of nitrogens with one attached hydrogen (secondary N) is 1. The summed E-state index contributed by atoms with van der Waals surface area (Å²) in [6, 6.07) is 0. The van der Waals surface area contributed by atoms with Gasteiger partial charge in [-0.1, -0.05) is 12.2 Å². The maximum atomic E-state index is 12.2. The van der Waals surface area contributed by atoms with Crippen molar-refractivity contribution in [2.45, 2.75) is 19.8 Å². The van der Waals surface area contributed by atoms with Crippen molar-refractivity contribution in [1.29, 1.82) is 0 Å². The van der Waals surface area contributed by atoms with Crippen LogP contribution in [0.5, 0.6) is 0 Å². The summed E-state index contributed by atoms with van der Waals surface area (Å²) < 4.78 is 0. The number of rotatable bonds is 1. The van der Waals surface area contributed by atoms with Crippen LogP contribution in [0.2, 0.25) is 0 Å². The Morgan fingerprint density at radius 1 is 1.50 bits per heavy atom. The Bertz CT molecular complexity index is 254. The van der Waals surface area contributed by atoms with Crippen molar-refractivity contribution in [3.05, 3.63) is 12.2 Å². The molecule has 78 valence electrons. The van der Waals surface area contributed by atoms with Gasteiger partial charge >= 0.3 is 0 Å². The molecule has 0 saturated carbocycles. The standard InChI is InChI=1S/C11H18N2O/c1-11(5-6-12-9-11)10(14)13-7-3-2-4-8-13/h2-3,12H,4-9H2,1H3. The average molecular weight is 194 g/mol. The van der Waals surface area contributed by atoms with Crippen LogP contribution in [0.1, 0.15) is 19.8 Å². The van der Waals surface area contributed by atoms with Crippen LogP contribution >= 0.6 is 0 Å². The first kappa shape index (κ1) is 9.71. The van der Waals surface area contributed by atoms with Crippen LogP contribution in [-0.4, -0.2) is 37.0 Å². The summed E-state index contributed by atoms with van der Waals surface area (Å²) in [4.78, 5) is 14.2. The summed E-state index contributed by atoms with van der Waals surface area (Å²) in [6.45, 7) is 5.59. The van der Waals surface area contributed by atoms with Gasteiger partial charge < -0.3 is 10.2 Å². The van der Waals surface area contributed by atoms with Gasteiger partial charge in [-0.25, -0.2) is 0 Å². The molecule has 2 aliphatic heterocycles. The van der Waals surface area contributed by atoms with Gasteiger partial charge in [0.1, 0.15) is 0 Å². The van der Waals surface area contributed by atoms with Gasteiger partial charge in [0, 0.05) is 19.6 Å². The molecule has 1 unspecified atom stereocenters. The van der Waals surface area contributed by atoms with Gasteiger partial charge in [0.25, 0.3) is 0 Å². The Balaban J connectivity index is 2.03. The van der Waals surface area contributed by atoms with E-state index in [4.69, 9.17) is 0 Å². The van der Waals surface area contributed by atoms with Crippen LogP contribution in [0.3, 0.4) is 0 Å². The van der Waals surface area contributed by atoms with Crippen LogP contribution < -0.4 is 5.32 Å². The van der Waals surface area contributed by atoms with Crippen molar-refractivity contribution >= 4 is 5.91 Å². The third kappa shape index (κ3) is 1.69. The van der Waals surface area contributed by atoms with Gasteiger partial charge in [-0.05, 0) is 26.3 Å². The van der Waals surface area contributed by atoms with E-state index in [1.165, 1.54) is 0 Å². The third-order valence-corrected chi connectivity index (χ3v) is 3.23. The summed E-state index contributed by atoms with van der Waals surface area (Å²) in [5.74, 6) is 0.326. The molecule has 0 radical (unpaired) electrons. The largest absolute Gasteiger partial charge is 0.338 e. The van der Waals surface area contributed by atoms with Gasteiger partial charge in [0.2, 0.25) is 5.91 Å². The van der Waals surface area contributed by atoms with E-state index in [1.807, 2.05) is 4.90 Å². The van der Waals surface area contributed by atoms with E-state index in [0.717, 1.165) is 39.0 Å². The van der Waals surface area contributed by atoms with Crippen molar-refractivity contribution in [2.24, 2.45) is 5.41 Å². The Morgan fingerprint density at radius 3 is 2.93 bits per heavy atom. The topological polar surface area (TPSA) is 32.3 Å². The molecule has 1 fully saturated rings. The first-order valence-electron chi connectivity index (χ1n) is 5.37. The van der Waals surface area contributed by atoms with E-state index in [2.05, 4.69) is 24.4 Å². The number of carbonyl (C=O) groups is 1. The molecule has 1 saturated heterocycles. The molecule has 1 amide bonds. The zero-order chi connectivity index (χ0) is 10.0. The van der Waals surface area contributed by atoms with Crippen LogP contribution in [0.15, 0.2) is 12.2 Å². The molecule has 0 aromatic heterocycles. The highest BCUT2D eigenvalue weighted by Crippen LogP contribution is 2.27. The Labute approximate surface area is 85.2 Å². The number of hydrogen-bond acceptors (Lipinski definition) is 2. The zero-order valence-electron chi connectivity index (χ0n) is 8.75. The highest BCUT2D eigenvalue weighted by molar-refractivity contribution is 5.83. The van der Waals surface area contributed by atoms with E-state index in [-0.39, 0.29) is 5.41 Å². The van der Waals surface area contributed by atoms with Crippen LogP contribution in [0.25, 0.3) is 0 Å². The van der Waals surface area contributed by atoms with Crippen molar-refractivity contribution in [2.75, 3.05) is 26.2 Å². The molecular formula is C11H18N2O. The third-order valence-electron chi connectivity index (χ3n) is 3.23. The SMILES string of the molecule is CC1(C(=O)N2CC=CCC2)CCNC1. The highest BCUT2D eigenvalue weighted by atomic mass is 16.2. The minimum absolute atomic E-state index is 0.148. The average Bonchev–Trinajstić information content (AvgIpc) is 2.67. The van der Waals surface area contributed by atoms with E-state index in [0.29, 0.717) is 5.91 Å².